The second-order valence-corrected chi connectivity index (χ2v) is 7.60. The highest BCUT2D eigenvalue weighted by Gasteiger charge is 2.16. The molecule has 1 aromatic rings. The first-order chi connectivity index (χ1) is 13.4. The number of carbonyl (C=O) groups excluding carboxylic acids is 1. The smallest absolute Gasteiger partial charge is 0.243 e. The van der Waals surface area contributed by atoms with Crippen LogP contribution >= 0.6 is 0 Å². The van der Waals surface area contributed by atoms with Crippen LogP contribution in [0.25, 0.3) is 0 Å². The number of halogens is 1. The fourth-order valence-corrected chi connectivity index (χ4v) is 3.31. The minimum absolute atomic E-state index is 0.0662. The maximum Gasteiger partial charge on any atom is 0.243 e. The van der Waals surface area contributed by atoms with Crippen LogP contribution in [0.15, 0.2) is 23.2 Å². The van der Waals surface area contributed by atoms with Gasteiger partial charge in [0.25, 0.3) is 0 Å². The second-order valence-electron chi connectivity index (χ2n) is 7.60. The molecule has 1 fully saturated rings. The van der Waals surface area contributed by atoms with Gasteiger partial charge in [0, 0.05) is 20.6 Å². The molecule has 0 bridgehead atoms. The number of hydrogen-bond acceptors (Lipinski definition) is 3. The minimum Gasteiger partial charge on any atom is -0.494 e. The van der Waals surface area contributed by atoms with Crippen LogP contribution in [0.4, 0.5) is 4.39 Å². The Morgan fingerprint density at radius 3 is 2.64 bits per heavy atom. The van der Waals surface area contributed by atoms with E-state index in [9.17, 15) is 9.18 Å². The number of nitrogens with one attached hydrogen (secondary N) is 2. The first-order valence-corrected chi connectivity index (χ1v) is 9.99. The van der Waals surface area contributed by atoms with E-state index in [0.29, 0.717) is 11.9 Å². The van der Waals surface area contributed by atoms with E-state index < -0.39 is 5.82 Å². The van der Waals surface area contributed by atoms with Crippen molar-refractivity contribution >= 4 is 11.9 Å². The Morgan fingerprint density at radius 2 is 2.04 bits per heavy atom. The standard InChI is InChI=1S/C21H33FN4O2/c1-15(17-10-11-19(28-4)18(22)12-17)25-21(24-14-20(27)26(2)3)23-13-16-8-6-5-7-9-16/h10-12,15-16H,5-9,13-14H2,1-4H3,(H2,23,24,25). The van der Waals surface area contributed by atoms with Gasteiger partial charge in [0.1, 0.15) is 6.54 Å². The molecule has 0 aliphatic heterocycles. The molecule has 2 rings (SSSR count). The number of guanidine groups is 1. The molecule has 0 aromatic heterocycles. The van der Waals surface area contributed by atoms with Gasteiger partial charge in [0.05, 0.1) is 13.2 Å². The molecule has 7 heteroatoms. The Morgan fingerprint density at radius 1 is 1.32 bits per heavy atom. The molecule has 1 aromatic carbocycles. The van der Waals surface area contributed by atoms with Crippen LogP contribution in [0.3, 0.4) is 0 Å². The molecule has 0 saturated heterocycles. The fourth-order valence-electron chi connectivity index (χ4n) is 3.31. The first kappa shape index (κ1) is 22.0. The van der Waals surface area contributed by atoms with Gasteiger partial charge in [-0.05, 0) is 43.4 Å². The third kappa shape index (κ3) is 6.69. The zero-order chi connectivity index (χ0) is 20.5. The predicted molar refractivity (Wildman–Crippen MR) is 110 cm³/mol. The van der Waals surface area contributed by atoms with Crippen molar-refractivity contribution in [3.63, 3.8) is 0 Å². The van der Waals surface area contributed by atoms with E-state index in [1.54, 1.807) is 20.2 Å². The summed E-state index contributed by atoms with van der Waals surface area (Å²) in [5.74, 6) is 0.951. The maximum atomic E-state index is 14.0. The Balaban J connectivity index is 2.04. The number of ether oxygens (including phenoxy) is 1. The highest BCUT2D eigenvalue weighted by atomic mass is 19.1. The van der Waals surface area contributed by atoms with Crippen molar-refractivity contribution in [2.24, 2.45) is 10.9 Å². The van der Waals surface area contributed by atoms with E-state index in [0.717, 1.165) is 12.1 Å². The number of methoxy groups -OCH3 is 1. The Kier molecular flexibility index (Phi) is 8.54. The van der Waals surface area contributed by atoms with E-state index in [4.69, 9.17) is 4.74 Å². The largest absolute Gasteiger partial charge is 0.494 e. The summed E-state index contributed by atoms with van der Waals surface area (Å²) in [5.41, 5.74) is 0.782. The van der Waals surface area contributed by atoms with Crippen LogP contribution in [-0.2, 0) is 4.79 Å². The topological polar surface area (TPSA) is 66.0 Å². The number of amides is 1. The zero-order valence-electron chi connectivity index (χ0n) is 17.4. The highest BCUT2D eigenvalue weighted by molar-refractivity contribution is 5.85. The molecule has 1 saturated carbocycles. The average molecular weight is 393 g/mol. The molecule has 0 spiro atoms. The van der Waals surface area contributed by atoms with E-state index in [1.165, 1.54) is 50.2 Å². The van der Waals surface area contributed by atoms with Crippen molar-refractivity contribution in [2.75, 3.05) is 34.3 Å². The minimum atomic E-state index is -0.398. The van der Waals surface area contributed by atoms with Gasteiger partial charge < -0.3 is 20.3 Å². The number of likely N-dealkylation sites (N-methyl/N-ethyl adjacent to an activating group) is 1. The molecule has 28 heavy (non-hydrogen) atoms. The summed E-state index contributed by atoms with van der Waals surface area (Å²) in [5, 5.41) is 6.66. The molecule has 0 radical (unpaired) electrons. The summed E-state index contributed by atoms with van der Waals surface area (Å²) in [6.07, 6.45) is 6.29. The molecule has 6 nitrogen and oxygen atoms in total. The molecular weight excluding hydrogens is 359 g/mol. The van der Waals surface area contributed by atoms with Crippen LogP contribution in [0.2, 0.25) is 0 Å². The number of rotatable bonds is 7. The molecule has 1 amide bonds. The lowest BCUT2D eigenvalue weighted by atomic mass is 9.89. The molecule has 1 aliphatic rings. The average Bonchev–Trinajstić information content (AvgIpc) is 2.70. The third-order valence-corrected chi connectivity index (χ3v) is 5.18. The number of nitrogens with zero attached hydrogens (tertiary/aromatic N) is 2. The van der Waals surface area contributed by atoms with Crippen molar-refractivity contribution in [3.05, 3.63) is 29.6 Å². The quantitative estimate of drug-likeness (QED) is 0.553. The number of carbonyl (C=O) groups is 1. The van der Waals surface area contributed by atoms with Crippen LogP contribution < -0.4 is 15.4 Å². The second kappa shape index (κ2) is 10.9. The molecule has 0 heterocycles. The van der Waals surface area contributed by atoms with Gasteiger partial charge in [0.15, 0.2) is 17.5 Å². The summed E-state index contributed by atoms with van der Waals surface area (Å²) >= 11 is 0. The van der Waals surface area contributed by atoms with Gasteiger partial charge in [-0.3, -0.25) is 4.79 Å². The molecule has 156 valence electrons. The zero-order valence-corrected chi connectivity index (χ0v) is 17.4. The highest BCUT2D eigenvalue weighted by Crippen LogP contribution is 2.23. The first-order valence-electron chi connectivity index (χ1n) is 9.99. The summed E-state index contributed by atoms with van der Waals surface area (Å²) in [7, 11) is 4.87. The van der Waals surface area contributed by atoms with Gasteiger partial charge >= 0.3 is 0 Å². The van der Waals surface area contributed by atoms with E-state index in [-0.39, 0.29) is 24.2 Å². The SMILES string of the molecule is COc1ccc(C(C)NC(=NCC(=O)N(C)C)NCC2CCCCC2)cc1F. The Hall–Kier alpha value is -2.31. The van der Waals surface area contributed by atoms with Crippen LogP contribution in [0, 0.1) is 11.7 Å². The monoisotopic (exact) mass is 392 g/mol. The van der Waals surface area contributed by atoms with Gasteiger partial charge in [-0.1, -0.05) is 25.3 Å². The van der Waals surface area contributed by atoms with Crippen LogP contribution in [0.5, 0.6) is 5.75 Å². The molecule has 1 atom stereocenters. The van der Waals surface area contributed by atoms with Crippen molar-refractivity contribution in [1.29, 1.82) is 0 Å². The van der Waals surface area contributed by atoms with Gasteiger partial charge in [-0.25, -0.2) is 9.38 Å². The van der Waals surface area contributed by atoms with E-state index >= 15 is 0 Å². The van der Waals surface area contributed by atoms with Crippen LogP contribution in [-0.4, -0.2) is 51.1 Å². The van der Waals surface area contributed by atoms with Gasteiger partial charge in [-0.15, -0.1) is 0 Å². The summed E-state index contributed by atoms with van der Waals surface area (Å²) in [6.45, 7) is 2.83. The summed E-state index contributed by atoms with van der Waals surface area (Å²) in [6, 6.07) is 4.72. The Bertz CT molecular complexity index is 672. The lowest BCUT2D eigenvalue weighted by Crippen LogP contribution is -2.42. The van der Waals surface area contributed by atoms with Crippen molar-refractivity contribution in [1.82, 2.24) is 15.5 Å². The normalized spacial score (nSPS) is 16.4. The van der Waals surface area contributed by atoms with Crippen molar-refractivity contribution < 1.29 is 13.9 Å². The summed E-state index contributed by atoms with van der Waals surface area (Å²) < 4.78 is 19.0. The number of aliphatic imine (C=N–C) groups is 1. The number of benzene rings is 1. The predicted octanol–water partition coefficient (Wildman–Crippen LogP) is 3.10. The van der Waals surface area contributed by atoms with Crippen LogP contribution in [0.1, 0.15) is 50.6 Å². The van der Waals surface area contributed by atoms with Crippen molar-refractivity contribution in [3.8, 4) is 5.75 Å². The molecule has 1 aliphatic carbocycles. The third-order valence-electron chi connectivity index (χ3n) is 5.18. The lowest BCUT2D eigenvalue weighted by molar-refractivity contribution is -0.127. The Labute approximate surface area is 167 Å². The number of hydrogen-bond donors (Lipinski definition) is 2. The maximum absolute atomic E-state index is 14.0. The molecule has 2 N–H and O–H groups in total. The van der Waals surface area contributed by atoms with Gasteiger partial charge in [0.2, 0.25) is 5.91 Å². The summed E-state index contributed by atoms with van der Waals surface area (Å²) in [4.78, 5) is 17.9. The van der Waals surface area contributed by atoms with E-state index in [1.807, 2.05) is 13.0 Å². The fraction of sp³-hybridized carbons (Fsp3) is 0.619. The molecule has 1 unspecified atom stereocenters. The van der Waals surface area contributed by atoms with Gasteiger partial charge in [-0.2, -0.15) is 0 Å². The van der Waals surface area contributed by atoms with E-state index in [2.05, 4.69) is 15.6 Å². The lowest BCUT2D eigenvalue weighted by Gasteiger charge is -2.24. The van der Waals surface area contributed by atoms with Crippen molar-refractivity contribution in [2.45, 2.75) is 45.1 Å². The molecular formula is C21H33FN4O2.